The van der Waals surface area contributed by atoms with E-state index in [1.165, 1.54) is 7.11 Å². The Morgan fingerprint density at radius 3 is 2.52 bits per heavy atom. The lowest BCUT2D eigenvalue weighted by molar-refractivity contribution is -0.119. The van der Waals surface area contributed by atoms with Crippen LogP contribution in [0.3, 0.4) is 0 Å². The van der Waals surface area contributed by atoms with Crippen molar-refractivity contribution in [3.63, 3.8) is 0 Å². The van der Waals surface area contributed by atoms with Crippen molar-refractivity contribution in [1.29, 1.82) is 5.26 Å². The summed E-state index contributed by atoms with van der Waals surface area (Å²) in [5, 5.41) is 11.0. The van der Waals surface area contributed by atoms with E-state index in [1.807, 2.05) is 41.8 Å². The number of hydrogen-bond acceptors (Lipinski definition) is 6. The Morgan fingerprint density at radius 2 is 1.87 bits per heavy atom. The predicted octanol–water partition coefficient (Wildman–Crippen LogP) is 5.03. The molecule has 0 atom stereocenters. The molecule has 31 heavy (non-hydrogen) atoms. The summed E-state index contributed by atoms with van der Waals surface area (Å²) in [6.07, 6.45) is 0.898. The second-order valence-electron chi connectivity index (χ2n) is 6.69. The molecule has 3 rings (SSSR count). The summed E-state index contributed by atoms with van der Waals surface area (Å²) in [7, 11) is 3.15. The first kappa shape index (κ1) is 22.2. The number of benzene rings is 2. The van der Waals surface area contributed by atoms with Crippen molar-refractivity contribution < 1.29 is 19.0 Å². The van der Waals surface area contributed by atoms with Gasteiger partial charge in [0.15, 0.2) is 11.5 Å². The molecule has 0 unspecified atom stereocenters. The van der Waals surface area contributed by atoms with Crippen LogP contribution in [-0.4, -0.2) is 26.7 Å². The molecular weight excluding hydrogens is 412 g/mol. The minimum Gasteiger partial charge on any atom is -0.497 e. The van der Waals surface area contributed by atoms with Crippen LogP contribution in [0.2, 0.25) is 0 Å². The molecule has 1 heterocycles. The molecule has 0 bridgehead atoms. The van der Waals surface area contributed by atoms with E-state index in [0.717, 1.165) is 16.3 Å². The van der Waals surface area contributed by atoms with Crippen molar-refractivity contribution in [2.24, 2.45) is 0 Å². The molecule has 0 spiro atoms. The highest BCUT2D eigenvalue weighted by Gasteiger charge is 2.17. The molecule has 0 aliphatic heterocycles. The molecule has 1 aromatic heterocycles. The van der Waals surface area contributed by atoms with Crippen molar-refractivity contribution in [2.45, 2.75) is 19.4 Å². The number of rotatable bonds is 10. The van der Waals surface area contributed by atoms with Crippen LogP contribution in [0.4, 0.5) is 5.69 Å². The first-order valence-electron chi connectivity index (χ1n) is 9.82. The molecule has 1 amide bonds. The number of ether oxygens (including phenoxy) is 3. The van der Waals surface area contributed by atoms with E-state index in [1.54, 1.807) is 41.5 Å². The number of thiophene rings is 1. The molecule has 0 aliphatic carbocycles. The lowest BCUT2D eigenvalue weighted by Gasteiger charge is -2.23. The van der Waals surface area contributed by atoms with Gasteiger partial charge >= 0.3 is 0 Å². The summed E-state index contributed by atoms with van der Waals surface area (Å²) in [4.78, 5) is 15.9. The van der Waals surface area contributed by atoms with Crippen molar-refractivity contribution in [3.05, 3.63) is 70.4 Å². The molecule has 0 N–H and O–H groups in total. The third kappa shape index (κ3) is 6.00. The Bertz CT molecular complexity index is 1030. The fourth-order valence-corrected chi connectivity index (χ4v) is 3.73. The van der Waals surface area contributed by atoms with E-state index >= 15 is 0 Å². The highest BCUT2D eigenvalue weighted by atomic mass is 32.1. The molecule has 0 fully saturated rings. The maximum Gasteiger partial charge on any atom is 0.227 e. The number of nitriles is 1. The molecule has 0 saturated heterocycles. The standard InChI is InChI=1S/C24H24N2O4S/c1-28-20-10-8-19(9-11-20)26(17-21-5-4-14-31-21)24(27)6-3-13-30-22-12-7-18(16-25)15-23(22)29-2/h4-5,7-12,14-15H,3,6,13,17H2,1-2H3. The molecule has 7 heteroatoms. The summed E-state index contributed by atoms with van der Waals surface area (Å²) in [6.45, 7) is 0.886. The number of carbonyl (C=O) groups excluding carboxylic acids is 1. The number of hydrogen-bond donors (Lipinski definition) is 0. The number of methoxy groups -OCH3 is 2. The Hall–Kier alpha value is -3.50. The van der Waals surface area contributed by atoms with Gasteiger partial charge in [-0.05, 0) is 54.3 Å². The van der Waals surface area contributed by atoms with Crippen molar-refractivity contribution in [3.8, 4) is 23.3 Å². The van der Waals surface area contributed by atoms with Gasteiger partial charge in [-0.1, -0.05) is 6.07 Å². The molecule has 0 saturated carbocycles. The number of carbonyl (C=O) groups is 1. The zero-order chi connectivity index (χ0) is 22.1. The number of nitrogens with zero attached hydrogens (tertiary/aromatic N) is 2. The van der Waals surface area contributed by atoms with Gasteiger partial charge in [0.05, 0.1) is 39.0 Å². The highest BCUT2D eigenvalue weighted by molar-refractivity contribution is 7.09. The zero-order valence-corrected chi connectivity index (χ0v) is 18.4. The fraction of sp³-hybridized carbons (Fsp3) is 0.250. The van der Waals surface area contributed by atoms with Gasteiger partial charge in [-0.25, -0.2) is 0 Å². The van der Waals surface area contributed by atoms with Crippen LogP contribution in [0.5, 0.6) is 17.2 Å². The van der Waals surface area contributed by atoms with Gasteiger partial charge in [0, 0.05) is 23.1 Å². The summed E-state index contributed by atoms with van der Waals surface area (Å²) >= 11 is 1.62. The normalized spacial score (nSPS) is 10.2. The fourth-order valence-electron chi connectivity index (χ4n) is 3.04. The molecular formula is C24H24N2O4S. The lowest BCUT2D eigenvalue weighted by Crippen LogP contribution is -2.30. The quantitative estimate of drug-likeness (QED) is 0.417. The summed E-state index contributed by atoms with van der Waals surface area (Å²) in [5.74, 6) is 1.83. The van der Waals surface area contributed by atoms with Gasteiger partial charge in [0.2, 0.25) is 5.91 Å². The van der Waals surface area contributed by atoms with Gasteiger partial charge in [0.25, 0.3) is 0 Å². The van der Waals surface area contributed by atoms with Crippen LogP contribution in [0.1, 0.15) is 23.3 Å². The van der Waals surface area contributed by atoms with Crippen molar-refractivity contribution in [1.82, 2.24) is 0 Å². The maximum absolute atomic E-state index is 13.0. The van der Waals surface area contributed by atoms with E-state index in [2.05, 4.69) is 6.07 Å². The smallest absolute Gasteiger partial charge is 0.227 e. The summed E-state index contributed by atoms with van der Waals surface area (Å²) < 4.78 is 16.3. The average molecular weight is 437 g/mol. The minimum absolute atomic E-state index is 0.0222. The molecule has 3 aromatic rings. The van der Waals surface area contributed by atoms with E-state index in [-0.39, 0.29) is 5.91 Å². The monoisotopic (exact) mass is 436 g/mol. The van der Waals surface area contributed by atoms with Gasteiger partial charge < -0.3 is 19.1 Å². The first-order valence-corrected chi connectivity index (χ1v) is 10.7. The van der Waals surface area contributed by atoms with Crippen LogP contribution in [0, 0.1) is 11.3 Å². The first-order chi connectivity index (χ1) is 15.1. The van der Waals surface area contributed by atoms with Crippen molar-refractivity contribution >= 4 is 22.9 Å². The minimum atomic E-state index is 0.0222. The molecule has 2 aromatic carbocycles. The van der Waals surface area contributed by atoms with E-state index in [0.29, 0.717) is 43.1 Å². The second-order valence-corrected chi connectivity index (χ2v) is 7.72. The lowest BCUT2D eigenvalue weighted by atomic mass is 10.2. The largest absolute Gasteiger partial charge is 0.497 e. The van der Waals surface area contributed by atoms with Crippen LogP contribution < -0.4 is 19.1 Å². The zero-order valence-electron chi connectivity index (χ0n) is 17.5. The highest BCUT2D eigenvalue weighted by Crippen LogP contribution is 2.28. The van der Waals surface area contributed by atoms with E-state index < -0.39 is 0 Å². The van der Waals surface area contributed by atoms with Crippen molar-refractivity contribution in [2.75, 3.05) is 25.7 Å². The Labute approximate surface area is 186 Å². The summed E-state index contributed by atoms with van der Waals surface area (Å²) in [6, 6.07) is 18.6. The third-order valence-electron chi connectivity index (χ3n) is 4.66. The summed E-state index contributed by atoms with van der Waals surface area (Å²) in [5.41, 5.74) is 1.33. The van der Waals surface area contributed by atoms with Gasteiger partial charge in [-0.3, -0.25) is 4.79 Å². The number of anilines is 1. The van der Waals surface area contributed by atoms with Gasteiger partial charge in [-0.15, -0.1) is 11.3 Å². The number of amides is 1. The van der Waals surface area contributed by atoms with E-state index in [4.69, 9.17) is 19.5 Å². The van der Waals surface area contributed by atoms with Crippen LogP contribution in [0.25, 0.3) is 0 Å². The SMILES string of the molecule is COc1ccc(N(Cc2cccs2)C(=O)CCCOc2ccc(C#N)cc2OC)cc1. The van der Waals surface area contributed by atoms with Crippen LogP contribution in [-0.2, 0) is 11.3 Å². The molecule has 0 radical (unpaired) electrons. The van der Waals surface area contributed by atoms with Crippen LogP contribution in [0.15, 0.2) is 60.0 Å². The maximum atomic E-state index is 13.0. The average Bonchev–Trinajstić information content (AvgIpc) is 3.33. The Morgan fingerprint density at radius 1 is 1.06 bits per heavy atom. The Kier molecular flexibility index (Phi) is 7.91. The van der Waals surface area contributed by atoms with Gasteiger partial charge in [-0.2, -0.15) is 5.26 Å². The van der Waals surface area contributed by atoms with Crippen LogP contribution >= 0.6 is 11.3 Å². The molecule has 0 aliphatic rings. The van der Waals surface area contributed by atoms with E-state index in [9.17, 15) is 4.79 Å². The predicted molar refractivity (Wildman–Crippen MR) is 121 cm³/mol. The molecule has 160 valence electrons. The van der Waals surface area contributed by atoms with Gasteiger partial charge in [0.1, 0.15) is 5.75 Å². The second kappa shape index (κ2) is 11.0. The topological polar surface area (TPSA) is 71.8 Å². The molecule has 6 nitrogen and oxygen atoms in total. The Balaban J connectivity index is 1.61. The third-order valence-corrected chi connectivity index (χ3v) is 5.53.